The molecule has 3 aromatic rings. The molecule has 0 N–H and O–H groups in total. The first-order valence-corrected chi connectivity index (χ1v) is 7.88. The number of nitrogens with zero attached hydrogens (tertiary/aromatic N) is 1. The van der Waals surface area contributed by atoms with Crippen molar-refractivity contribution >= 4 is 21.6 Å². The van der Waals surface area contributed by atoms with Gasteiger partial charge in [0.1, 0.15) is 23.2 Å². The van der Waals surface area contributed by atoms with Crippen molar-refractivity contribution in [2.75, 3.05) is 6.61 Å². The second-order valence-corrected chi connectivity index (χ2v) is 6.07. The van der Waals surface area contributed by atoms with E-state index in [0.29, 0.717) is 5.75 Å². The van der Waals surface area contributed by atoms with E-state index in [0.717, 1.165) is 20.8 Å². The number of thiazole rings is 1. The van der Waals surface area contributed by atoms with Gasteiger partial charge in [0, 0.05) is 5.56 Å². The number of hydrogen-bond donors (Lipinski definition) is 0. The van der Waals surface area contributed by atoms with Gasteiger partial charge in [0.05, 0.1) is 10.2 Å². The molecule has 22 heavy (non-hydrogen) atoms. The van der Waals surface area contributed by atoms with Crippen LogP contribution in [0.25, 0.3) is 20.8 Å². The van der Waals surface area contributed by atoms with Crippen LogP contribution in [0.4, 0.5) is 4.39 Å². The van der Waals surface area contributed by atoms with Crippen molar-refractivity contribution < 1.29 is 9.13 Å². The molecule has 0 saturated carbocycles. The molecule has 4 heteroatoms. The van der Waals surface area contributed by atoms with Crippen LogP contribution >= 0.6 is 11.3 Å². The molecule has 112 valence electrons. The Labute approximate surface area is 132 Å². The smallest absolute Gasteiger partial charge is 0.139 e. The van der Waals surface area contributed by atoms with E-state index in [1.165, 1.54) is 11.6 Å². The number of aromatic nitrogens is 1. The van der Waals surface area contributed by atoms with E-state index in [1.54, 1.807) is 18.3 Å². The standard InChI is InChI=1S/C18H16FNOS/c1-3-14(19)11-21-15-8-9-16-17(10-15)22-18(20-16)13-6-4-12(2)5-7-13/h3-10H,11H2,1-2H3/b14-3+. The average Bonchev–Trinajstić information content (AvgIpc) is 2.96. The minimum absolute atomic E-state index is 0.0361. The summed E-state index contributed by atoms with van der Waals surface area (Å²) in [6, 6.07) is 14.0. The SMILES string of the molecule is C/C=C(/F)COc1ccc2nc(-c3ccc(C)cc3)sc2c1. The Balaban J connectivity index is 1.88. The molecular formula is C18H16FNOS. The number of allylic oxidation sites excluding steroid dienone is 1. The number of halogens is 1. The Kier molecular flexibility index (Phi) is 4.20. The number of hydrogen-bond acceptors (Lipinski definition) is 3. The first-order valence-electron chi connectivity index (χ1n) is 7.07. The van der Waals surface area contributed by atoms with Crippen LogP contribution in [0.3, 0.4) is 0 Å². The van der Waals surface area contributed by atoms with Gasteiger partial charge in [-0.3, -0.25) is 0 Å². The fraction of sp³-hybridized carbons (Fsp3) is 0.167. The topological polar surface area (TPSA) is 22.1 Å². The fourth-order valence-corrected chi connectivity index (χ4v) is 3.05. The predicted octanol–water partition coefficient (Wildman–Crippen LogP) is 5.52. The number of aryl methyl sites for hydroxylation is 1. The number of rotatable bonds is 4. The second kappa shape index (κ2) is 6.28. The van der Waals surface area contributed by atoms with Crippen molar-refractivity contribution in [2.24, 2.45) is 0 Å². The van der Waals surface area contributed by atoms with E-state index in [2.05, 4.69) is 36.2 Å². The van der Waals surface area contributed by atoms with Gasteiger partial charge in [-0.2, -0.15) is 0 Å². The van der Waals surface area contributed by atoms with Gasteiger partial charge in [0.15, 0.2) is 0 Å². The molecule has 2 aromatic carbocycles. The number of fused-ring (bicyclic) bond motifs is 1. The molecule has 0 saturated heterocycles. The number of ether oxygens (including phenoxy) is 1. The van der Waals surface area contributed by atoms with Gasteiger partial charge in [-0.25, -0.2) is 9.37 Å². The molecule has 0 aliphatic heterocycles. The molecule has 0 aliphatic carbocycles. The van der Waals surface area contributed by atoms with Gasteiger partial charge < -0.3 is 4.74 Å². The Morgan fingerprint density at radius 1 is 1.23 bits per heavy atom. The lowest BCUT2D eigenvalue weighted by Crippen LogP contribution is -1.97. The summed E-state index contributed by atoms with van der Waals surface area (Å²) in [5.41, 5.74) is 3.26. The van der Waals surface area contributed by atoms with Crippen LogP contribution < -0.4 is 4.74 Å². The van der Waals surface area contributed by atoms with E-state index >= 15 is 0 Å². The summed E-state index contributed by atoms with van der Waals surface area (Å²) >= 11 is 1.61. The molecule has 0 aliphatic rings. The highest BCUT2D eigenvalue weighted by Gasteiger charge is 2.07. The van der Waals surface area contributed by atoms with Crippen LogP contribution in [0.2, 0.25) is 0 Å². The van der Waals surface area contributed by atoms with E-state index in [1.807, 2.05) is 18.2 Å². The molecule has 0 radical (unpaired) electrons. The predicted molar refractivity (Wildman–Crippen MR) is 90.2 cm³/mol. The van der Waals surface area contributed by atoms with Crippen molar-refractivity contribution in [1.82, 2.24) is 4.98 Å². The van der Waals surface area contributed by atoms with Crippen LogP contribution in [-0.4, -0.2) is 11.6 Å². The third kappa shape index (κ3) is 3.17. The summed E-state index contributed by atoms with van der Waals surface area (Å²) in [4.78, 5) is 4.64. The van der Waals surface area contributed by atoms with Gasteiger partial charge in [-0.1, -0.05) is 35.9 Å². The average molecular weight is 313 g/mol. The zero-order valence-electron chi connectivity index (χ0n) is 12.5. The quantitative estimate of drug-likeness (QED) is 0.632. The van der Waals surface area contributed by atoms with Crippen molar-refractivity contribution in [1.29, 1.82) is 0 Å². The van der Waals surface area contributed by atoms with Gasteiger partial charge in [-0.15, -0.1) is 11.3 Å². The Bertz CT molecular complexity index is 821. The molecule has 1 aromatic heterocycles. The molecule has 0 spiro atoms. The first-order chi connectivity index (χ1) is 10.7. The van der Waals surface area contributed by atoms with Gasteiger partial charge in [0.2, 0.25) is 0 Å². The van der Waals surface area contributed by atoms with E-state index < -0.39 is 0 Å². The van der Waals surface area contributed by atoms with E-state index in [-0.39, 0.29) is 12.4 Å². The molecule has 0 bridgehead atoms. The zero-order chi connectivity index (χ0) is 15.5. The molecule has 3 rings (SSSR count). The lowest BCUT2D eigenvalue weighted by molar-refractivity contribution is 0.319. The maximum Gasteiger partial charge on any atom is 0.139 e. The molecule has 2 nitrogen and oxygen atoms in total. The van der Waals surface area contributed by atoms with Crippen molar-refractivity contribution in [3.8, 4) is 16.3 Å². The summed E-state index contributed by atoms with van der Waals surface area (Å²) in [5, 5.41) is 0.979. The molecule has 1 heterocycles. The largest absolute Gasteiger partial charge is 0.486 e. The third-order valence-corrected chi connectivity index (χ3v) is 4.42. The lowest BCUT2D eigenvalue weighted by Gasteiger charge is -2.03. The van der Waals surface area contributed by atoms with Gasteiger partial charge in [-0.05, 0) is 32.0 Å². The molecular weight excluding hydrogens is 297 g/mol. The van der Waals surface area contributed by atoms with Crippen molar-refractivity contribution in [3.63, 3.8) is 0 Å². The summed E-state index contributed by atoms with van der Waals surface area (Å²) in [6.45, 7) is 3.68. The van der Waals surface area contributed by atoms with Gasteiger partial charge in [0.25, 0.3) is 0 Å². The summed E-state index contributed by atoms with van der Waals surface area (Å²) in [6.07, 6.45) is 1.40. The maximum absolute atomic E-state index is 13.1. The fourth-order valence-electron chi connectivity index (χ4n) is 2.05. The highest BCUT2D eigenvalue weighted by atomic mass is 32.1. The van der Waals surface area contributed by atoms with Crippen LogP contribution in [0.15, 0.2) is 54.4 Å². The van der Waals surface area contributed by atoms with Crippen LogP contribution in [0.1, 0.15) is 12.5 Å². The minimum atomic E-state index is -0.273. The number of benzene rings is 2. The summed E-state index contributed by atoms with van der Waals surface area (Å²) < 4.78 is 19.6. The molecule has 0 unspecified atom stereocenters. The van der Waals surface area contributed by atoms with E-state index in [4.69, 9.17) is 4.74 Å². The van der Waals surface area contributed by atoms with Crippen LogP contribution in [-0.2, 0) is 0 Å². The van der Waals surface area contributed by atoms with E-state index in [9.17, 15) is 4.39 Å². The minimum Gasteiger partial charge on any atom is -0.486 e. The Morgan fingerprint density at radius 3 is 2.73 bits per heavy atom. The normalized spacial score (nSPS) is 11.9. The van der Waals surface area contributed by atoms with Crippen LogP contribution in [0, 0.1) is 6.92 Å². The third-order valence-electron chi connectivity index (χ3n) is 3.35. The Hall–Kier alpha value is -2.20. The lowest BCUT2D eigenvalue weighted by atomic mass is 10.2. The van der Waals surface area contributed by atoms with Crippen molar-refractivity contribution in [2.45, 2.75) is 13.8 Å². The Morgan fingerprint density at radius 2 is 2.00 bits per heavy atom. The highest BCUT2D eigenvalue weighted by molar-refractivity contribution is 7.21. The van der Waals surface area contributed by atoms with Gasteiger partial charge >= 0.3 is 0 Å². The highest BCUT2D eigenvalue weighted by Crippen LogP contribution is 2.32. The zero-order valence-corrected chi connectivity index (χ0v) is 13.3. The molecule has 0 amide bonds. The summed E-state index contributed by atoms with van der Waals surface area (Å²) in [7, 11) is 0. The maximum atomic E-state index is 13.1. The first kappa shape index (κ1) is 14.7. The second-order valence-electron chi connectivity index (χ2n) is 5.04. The van der Waals surface area contributed by atoms with Crippen molar-refractivity contribution in [3.05, 3.63) is 59.9 Å². The van der Waals surface area contributed by atoms with Crippen LogP contribution in [0.5, 0.6) is 5.75 Å². The monoisotopic (exact) mass is 313 g/mol. The molecule has 0 fully saturated rings. The molecule has 0 atom stereocenters. The summed E-state index contributed by atoms with van der Waals surface area (Å²) in [5.74, 6) is 0.383.